The molecular weight excluding hydrogens is 542 g/mol. The van der Waals surface area contributed by atoms with Gasteiger partial charge in [-0.25, -0.2) is 9.78 Å². The summed E-state index contributed by atoms with van der Waals surface area (Å²) in [5.41, 5.74) is 3.22. The SMILES string of the molecule is CCN(C(=O)CSc1nc2cc(C(=O)OC)ccc2c(=O)n1CCc1ccc(OC)c(OC)c1)c1cccc(C)c1. The molecule has 0 unspecified atom stereocenters. The second kappa shape index (κ2) is 13.4. The van der Waals surface area contributed by atoms with Gasteiger partial charge in [-0.15, -0.1) is 0 Å². The van der Waals surface area contributed by atoms with Gasteiger partial charge in [0.1, 0.15) is 0 Å². The van der Waals surface area contributed by atoms with Gasteiger partial charge in [0.25, 0.3) is 5.56 Å². The number of aromatic nitrogens is 2. The van der Waals surface area contributed by atoms with Crippen molar-refractivity contribution in [1.29, 1.82) is 0 Å². The molecule has 0 fully saturated rings. The van der Waals surface area contributed by atoms with Gasteiger partial charge in [0.2, 0.25) is 5.91 Å². The third-order valence-corrected chi connectivity index (χ3v) is 7.63. The highest BCUT2D eigenvalue weighted by Gasteiger charge is 2.19. The van der Waals surface area contributed by atoms with Gasteiger partial charge in [-0.2, -0.15) is 0 Å². The van der Waals surface area contributed by atoms with Crippen molar-refractivity contribution in [1.82, 2.24) is 9.55 Å². The Morgan fingerprint density at radius 1 is 0.976 bits per heavy atom. The van der Waals surface area contributed by atoms with Gasteiger partial charge in [-0.3, -0.25) is 14.2 Å². The number of fused-ring (bicyclic) bond motifs is 1. The van der Waals surface area contributed by atoms with Crippen LogP contribution in [0.25, 0.3) is 10.9 Å². The summed E-state index contributed by atoms with van der Waals surface area (Å²) in [6, 6.07) is 18.1. The van der Waals surface area contributed by atoms with Crippen LogP contribution >= 0.6 is 11.8 Å². The average Bonchev–Trinajstić information content (AvgIpc) is 2.99. The van der Waals surface area contributed by atoms with Crippen molar-refractivity contribution in [3.63, 3.8) is 0 Å². The molecule has 0 aliphatic carbocycles. The number of anilines is 1. The summed E-state index contributed by atoms with van der Waals surface area (Å²) in [6.45, 7) is 4.73. The molecule has 9 nitrogen and oxygen atoms in total. The maximum atomic E-state index is 13.7. The van der Waals surface area contributed by atoms with Crippen LogP contribution in [0, 0.1) is 6.92 Å². The van der Waals surface area contributed by atoms with E-state index in [1.54, 1.807) is 35.8 Å². The lowest BCUT2D eigenvalue weighted by atomic mass is 10.1. The Morgan fingerprint density at radius 3 is 2.44 bits per heavy atom. The Balaban J connectivity index is 1.68. The molecule has 0 N–H and O–H groups in total. The third-order valence-electron chi connectivity index (χ3n) is 6.67. The lowest BCUT2D eigenvalue weighted by molar-refractivity contribution is -0.116. The van der Waals surface area contributed by atoms with Crippen molar-refractivity contribution < 1.29 is 23.8 Å². The molecule has 1 amide bonds. The molecule has 0 aliphatic heterocycles. The van der Waals surface area contributed by atoms with E-state index < -0.39 is 5.97 Å². The summed E-state index contributed by atoms with van der Waals surface area (Å²) < 4.78 is 17.2. The number of ether oxygens (including phenoxy) is 3. The molecule has 0 spiro atoms. The Hall–Kier alpha value is -4.31. The summed E-state index contributed by atoms with van der Waals surface area (Å²) in [5, 5.41) is 0.759. The third kappa shape index (κ3) is 6.71. The van der Waals surface area contributed by atoms with E-state index in [0.717, 1.165) is 16.8 Å². The number of thioether (sulfide) groups is 1. The van der Waals surface area contributed by atoms with Crippen LogP contribution in [0.3, 0.4) is 0 Å². The molecule has 0 aliphatic rings. The number of hydrogen-bond acceptors (Lipinski definition) is 8. The van der Waals surface area contributed by atoms with Gasteiger partial charge >= 0.3 is 5.97 Å². The zero-order chi connectivity index (χ0) is 29.5. The summed E-state index contributed by atoms with van der Waals surface area (Å²) >= 11 is 1.20. The lowest BCUT2D eigenvalue weighted by Crippen LogP contribution is -2.32. The standard InChI is InChI=1S/C31H33N3O6S/c1-6-33(23-9-7-8-20(2)16-23)28(35)19-41-31-32-25-18-22(30(37)40-5)11-12-24(25)29(36)34(31)15-14-21-10-13-26(38-3)27(17-21)39-4/h7-13,16-18H,6,14-15,19H2,1-5H3. The molecule has 0 radical (unpaired) electrons. The van der Waals surface area contributed by atoms with E-state index in [-0.39, 0.29) is 17.2 Å². The van der Waals surface area contributed by atoms with Gasteiger partial charge in [0, 0.05) is 18.8 Å². The molecule has 1 aromatic heterocycles. The molecule has 0 saturated carbocycles. The van der Waals surface area contributed by atoms with Gasteiger partial charge in [0.15, 0.2) is 16.7 Å². The monoisotopic (exact) mass is 575 g/mol. The van der Waals surface area contributed by atoms with Crippen molar-refractivity contribution in [3.05, 3.63) is 87.7 Å². The van der Waals surface area contributed by atoms with Crippen LogP contribution in [0.2, 0.25) is 0 Å². The first-order chi connectivity index (χ1) is 19.8. The number of benzene rings is 3. The first kappa shape index (κ1) is 29.7. The van der Waals surface area contributed by atoms with Crippen LogP contribution in [0.15, 0.2) is 70.6 Å². The van der Waals surface area contributed by atoms with Crippen LogP contribution in [-0.2, 0) is 22.5 Å². The number of rotatable bonds is 11. The summed E-state index contributed by atoms with van der Waals surface area (Å²) in [7, 11) is 4.45. The minimum Gasteiger partial charge on any atom is -0.493 e. The maximum absolute atomic E-state index is 13.7. The smallest absolute Gasteiger partial charge is 0.337 e. The molecule has 0 bridgehead atoms. The number of hydrogen-bond donors (Lipinski definition) is 0. The van der Waals surface area contributed by atoms with Crippen molar-refractivity contribution in [2.75, 3.05) is 38.5 Å². The van der Waals surface area contributed by atoms with Gasteiger partial charge in [-0.1, -0.05) is 30.0 Å². The predicted molar refractivity (Wildman–Crippen MR) is 161 cm³/mol. The molecule has 0 atom stereocenters. The maximum Gasteiger partial charge on any atom is 0.337 e. The van der Waals surface area contributed by atoms with Crippen LogP contribution in [0.5, 0.6) is 11.5 Å². The van der Waals surface area contributed by atoms with Crippen LogP contribution in [-0.4, -0.2) is 55.1 Å². The fraction of sp³-hybridized carbons (Fsp3) is 0.290. The van der Waals surface area contributed by atoms with E-state index in [1.165, 1.54) is 24.9 Å². The van der Waals surface area contributed by atoms with E-state index in [2.05, 4.69) is 0 Å². The van der Waals surface area contributed by atoms with Gasteiger partial charge < -0.3 is 19.1 Å². The van der Waals surface area contributed by atoms with Crippen molar-refractivity contribution >= 4 is 40.2 Å². The number of esters is 1. The molecule has 41 heavy (non-hydrogen) atoms. The van der Waals surface area contributed by atoms with Crippen LogP contribution in [0.1, 0.15) is 28.4 Å². The first-order valence-electron chi connectivity index (χ1n) is 13.1. The van der Waals surface area contributed by atoms with Crippen LogP contribution < -0.4 is 19.9 Å². The molecule has 1 heterocycles. The highest BCUT2D eigenvalue weighted by atomic mass is 32.2. The Bertz CT molecular complexity index is 1630. The fourth-order valence-electron chi connectivity index (χ4n) is 4.53. The van der Waals surface area contributed by atoms with Crippen molar-refractivity contribution in [2.45, 2.75) is 32.0 Å². The molecule has 4 rings (SSSR count). The molecule has 214 valence electrons. The second-order valence-electron chi connectivity index (χ2n) is 9.28. The molecule has 10 heteroatoms. The van der Waals surface area contributed by atoms with E-state index >= 15 is 0 Å². The summed E-state index contributed by atoms with van der Waals surface area (Å²) in [4.78, 5) is 45.6. The van der Waals surface area contributed by atoms with E-state index in [1.807, 2.05) is 56.3 Å². The van der Waals surface area contributed by atoms with Crippen molar-refractivity contribution in [3.8, 4) is 11.5 Å². The molecule has 3 aromatic carbocycles. The van der Waals surface area contributed by atoms with Crippen LogP contribution in [0.4, 0.5) is 5.69 Å². The average molecular weight is 576 g/mol. The number of nitrogens with zero attached hydrogens (tertiary/aromatic N) is 3. The lowest BCUT2D eigenvalue weighted by Gasteiger charge is -2.21. The highest BCUT2D eigenvalue weighted by Crippen LogP contribution is 2.28. The van der Waals surface area contributed by atoms with E-state index in [0.29, 0.717) is 52.6 Å². The largest absolute Gasteiger partial charge is 0.493 e. The molecule has 0 saturated heterocycles. The van der Waals surface area contributed by atoms with Gasteiger partial charge in [0.05, 0.1) is 43.5 Å². The normalized spacial score (nSPS) is 10.9. The summed E-state index contributed by atoms with van der Waals surface area (Å²) in [6.07, 6.45) is 0.513. The van der Waals surface area contributed by atoms with E-state index in [9.17, 15) is 14.4 Å². The quantitative estimate of drug-likeness (QED) is 0.142. The second-order valence-corrected chi connectivity index (χ2v) is 10.2. The molecular formula is C31H33N3O6S. The van der Waals surface area contributed by atoms with Crippen molar-refractivity contribution in [2.24, 2.45) is 0 Å². The number of carbonyl (C=O) groups is 2. The minimum atomic E-state index is -0.521. The Morgan fingerprint density at radius 2 is 1.76 bits per heavy atom. The van der Waals surface area contributed by atoms with Gasteiger partial charge in [-0.05, 0) is 73.9 Å². The fourth-order valence-corrected chi connectivity index (χ4v) is 5.43. The number of methoxy groups -OCH3 is 3. The number of carbonyl (C=O) groups excluding carboxylic acids is 2. The minimum absolute atomic E-state index is 0.0762. The highest BCUT2D eigenvalue weighted by molar-refractivity contribution is 7.99. The number of amides is 1. The Kier molecular flexibility index (Phi) is 9.67. The number of aryl methyl sites for hydroxylation is 2. The zero-order valence-electron chi connectivity index (χ0n) is 23.8. The predicted octanol–water partition coefficient (Wildman–Crippen LogP) is 4.90. The first-order valence-corrected chi connectivity index (χ1v) is 14.1. The zero-order valence-corrected chi connectivity index (χ0v) is 24.6. The summed E-state index contributed by atoms with van der Waals surface area (Å²) in [5.74, 6) is 0.665. The Labute approximate surface area is 243 Å². The van der Waals surface area contributed by atoms with E-state index in [4.69, 9.17) is 19.2 Å². The molecule has 4 aromatic rings. The topological polar surface area (TPSA) is 100.0 Å².